The van der Waals surface area contributed by atoms with Crippen LogP contribution in [0.4, 0.5) is 0 Å². The van der Waals surface area contributed by atoms with E-state index in [2.05, 4.69) is 5.10 Å². The SMILES string of the molecule is Cc1nn(C2CCS(=O)(=O)C2)c(C)c1CN(C)C(=O)C=Cc1ccccc1. The summed E-state index contributed by atoms with van der Waals surface area (Å²) in [5.74, 6) is 0.269. The van der Waals surface area contributed by atoms with Crippen molar-refractivity contribution in [2.75, 3.05) is 18.6 Å². The van der Waals surface area contributed by atoms with Gasteiger partial charge in [0.25, 0.3) is 0 Å². The Kier molecular flexibility index (Phi) is 5.51. The number of rotatable bonds is 5. The molecule has 1 aromatic carbocycles. The van der Waals surface area contributed by atoms with Crippen molar-refractivity contribution in [3.8, 4) is 0 Å². The highest BCUT2D eigenvalue weighted by molar-refractivity contribution is 7.91. The Morgan fingerprint density at radius 1 is 1.30 bits per heavy atom. The molecular weight excluding hydrogens is 362 g/mol. The lowest BCUT2D eigenvalue weighted by molar-refractivity contribution is -0.125. The monoisotopic (exact) mass is 387 g/mol. The van der Waals surface area contributed by atoms with Gasteiger partial charge < -0.3 is 4.90 Å². The number of aryl methyl sites for hydroxylation is 1. The Balaban J connectivity index is 1.72. The van der Waals surface area contributed by atoms with E-state index in [-0.39, 0.29) is 23.5 Å². The van der Waals surface area contributed by atoms with Crippen molar-refractivity contribution < 1.29 is 13.2 Å². The molecular formula is C20H25N3O3S. The molecule has 1 saturated heterocycles. The van der Waals surface area contributed by atoms with Crippen molar-refractivity contribution in [2.24, 2.45) is 0 Å². The molecule has 1 aliphatic heterocycles. The molecule has 3 rings (SSSR count). The van der Waals surface area contributed by atoms with Crippen LogP contribution in [0.25, 0.3) is 6.08 Å². The molecule has 1 atom stereocenters. The molecule has 0 aliphatic carbocycles. The quantitative estimate of drug-likeness (QED) is 0.739. The first-order chi connectivity index (χ1) is 12.8. The molecule has 2 heterocycles. The van der Waals surface area contributed by atoms with E-state index in [0.717, 1.165) is 22.5 Å². The lowest BCUT2D eigenvalue weighted by Gasteiger charge is -2.16. The third-order valence-electron chi connectivity index (χ3n) is 5.02. The lowest BCUT2D eigenvalue weighted by Crippen LogP contribution is -2.24. The maximum atomic E-state index is 12.4. The maximum Gasteiger partial charge on any atom is 0.246 e. The van der Waals surface area contributed by atoms with E-state index in [1.165, 1.54) is 0 Å². The number of aromatic nitrogens is 2. The number of amides is 1. The summed E-state index contributed by atoms with van der Waals surface area (Å²) in [5, 5.41) is 4.56. The molecule has 1 aliphatic rings. The van der Waals surface area contributed by atoms with Crippen molar-refractivity contribution in [1.82, 2.24) is 14.7 Å². The Morgan fingerprint density at radius 3 is 2.63 bits per heavy atom. The highest BCUT2D eigenvalue weighted by Gasteiger charge is 2.31. The fourth-order valence-corrected chi connectivity index (χ4v) is 5.12. The Labute approximate surface area is 160 Å². The molecule has 27 heavy (non-hydrogen) atoms. The Morgan fingerprint density at radius 2 is 2.00 bits per heavy atom. The van der Waals surface area contributed by atoms with Crippen LogP contribution < -0.4 is 0 Å². The summed E-state index contributed by atoms with van der Waals surface area (Å²) in [7, 11) is -1.21. The number of likely N-dealkylation sites (N-methyl/N-ethyl adjacent to an activating group) is 1. The van der Waals surface area contributed by atoms with Crippen LogP contribution in [0.1, 0.15) is 35.0 Å². The second-order valence-electron chi connectivity index (χ2n) is 7.09. The van der Waals surface area contributed by atoms with Crippen LogP contribution in [-0.2, 0) is 21.2 Å². The molecule has 7 heteroatoms. The summed E-state index contributed by atoms with van der Waals surface area (Å²) in [6.07, 6.45) is 3.96. The molecule has 0 N–H and O–H groups in total. The van der Waals surface area contributed by atoms with Crippen LogP contribution in [-0.4, -0.2) is 47.6 Å². The molecule has 144 valence electrons. The summed E-state index contributed by atoms with van der Waals surface area (Å²) in [6, 6.07) is 9.57. The highest BCUT2D eigenvalue weighted by Crippen LogP contribution is 2.27. The molecule has 0 radical (unpaired) electrons. The van der Waals surface area contributed by atoms with Gasteiger partial charge in [0, 0.05) is 30.9 Å². The average molecular weight is 388 g/mol. The zero-order valence-corrected chi connectivity index (χ0v) is 16.7. The average Bonchev–Trinajstić information content (AvgIpc) is 3.13. The van der Waals surface area contributed by atoms with Gasteiger partial charge in [-0.3, -0.25) is 9.48 Å². The van der Waals surface area contributed by atoms with Gasteiger partial charge in [-0.05, 0) is 31.9 Å². The summed E-state index contributed by atoms with van der Waals surface area (Å²) < 4.78 is 25.4. The first kappa shape index (κ1) is 19.4. The van der Waals surface area contributed by atoms with Crippen LogP contribution in [0.5, 0.6) is 0 Å². The third kappa shape index (κ3) is 4.47. The van der Waals surface area contributed by atoms with Crippen LogP contribution >= 0.6 is 0 Å². The van der Waals surface area contributed by atoms with E-state index in [1.54, 1.807) is 24.1 Å². The number of carbonyl (C=O) groups is 1. The van der Waals surface area contributed by atoms with Gasteiger partial charge in [-0.1, -0.05) is 30.3 Å². The van der Waals surface area contributed by atoms with Crippen LogP contribution in [0.3, 0.4) is 0 Å². The van der Waals surface area contributed by atoms with Crippen LogP contribution in [0, 0.1) is 13.8 Å². The van der Waals surface area contributed by atoms with Crippen molar-refractivity contribution in [1.29, 1.82) is 0 Å². The Bertz CT molecular complexity index is 962. The van der Waals surface area contributed by atoms with Gasteiger partial charge in [-0.15, -0.1) is 0 Å². The normalized spacial score (nSPS) is 18.9. The number of hydrogen-bond donors (Lipinski definition) is 0. The number of benzene rings is 1. The largest absolute Gasteiger partial charge is 0.338 e. The van der Waals surface area contributed by atoms with Crippen molar-refractivity contribution in [2.45, 2.75) is 32.9 Å². The van der Waals surface area contributed by atoms with Crippen molar-refractivity contribution >= 4 is 21.8 Å². The van der Waals surface area contributed by atoms with E-state index in [9.17, 15) is 13.2 Å². The molecule has 1 amide bonds. The van der Waals surface area contributed by atoms with Gasteiger partial charge in [-0.25, -0.2) is 8.42 Å². The highest BCUT2D eigenvalue weighted by atomic mass is 32.2. The molecule has 2 aromatic rings. The van der Waals surface area contributed by atoms with Gasteiger partial charge in [-0.2, -0.15) is 5.10 Å². The van der Waals surface area contributed by atoms with Gasteiger partial charge >= 0.3 is 0 Å². The molecule has 1 unspecified atom stereocenters. The van der Waals surface area contributed by atoms with E-state index < -0.39 is 9.84 Å². The number of sulfone groups is 1. The fraction of sp³-hybridized carbons (Fsp3) is 0.400. The van der Waals surface area contributed by atoms with Crippen LogP contribution in [0.15, 0.2) is 36.4 Å². The van der Waals surface area contributed by atoms with Gasteiger partial charge in [0.2, 0.25) is 5.91 Å². The zero-order valence-electron chi connectivity index (χ0n) is 15.9. The predicted octanol–water partition coefficient (Wildman–Crippen LogP) is 2.53. The predicted molar refractivity (Wildman–Crippen MR) is 106 cm³/mol. The van der Waals surface area contributed by atoms with Gasteiger partial charge in [0.1, 0.15) is 0 Å². The fourth-order valence-electron chi connectivity index (χ4n) is 3.42. The Hall–Kier alpha value is -2.41. The standard InChI is InChI=1S/C20H25N3O3S/c1-15-19(16(2)23(21-15)18-11-12-27(25,26)14-18)13-22(3)20(24)10-9-17-7-5-4-6-8-17/h4-10,18H,11-14H2,1-3H3. The van der Waals surface area contributed by atoms with E-state index in [1.807, 2.05) is 48.9 Å². The maximum absolute atomic E-state index is 12.4. The minimum Gasteiger partial charge on any atom is -0.338 e. The number of nitrogens with zero attached hydrogens (tertiary/aromatic N) is 3. The number of carbonyl (C=O) groups excluding carboxylic acids is 1. The van der Waals surface area contributed by atoms with E-state index in [0.29, 0.717) is 13.0 Å². The first-order valence-corrected chi connectivity index (χ1v) is 10.8. The van der Waals surface area contributed by atoms with Crippen LogP contribution in [0.2, 0.25) is 0 Å². The van der Waals surface area contributed by atoms with Crippen molar-refractivity contribution in [3.05, 3.63) is 58.9 Å². The second kappa shape index (κ2) is 7.68. The minimum atomic E-state index is -2.97. The lowest BCUT2D eigenvalue weighted by atomic mass is 10.1. The molecule has 0 spiro atoms. The molecule has 0 bridgehead atoms. The first-order valence-electron chi connectivity index (χ1n) is 9.00. The summed E-state index contributed by atoms with van der Waals surface area (Å²) in [5.41, 5.74) is 3.72. The minimum absolute atomic E-state index is 0.0890. The molecule has 6 nitrogen and oxygen atoms in total. The molecule has 0 saturated carbocycles. The second-order valence-corrected chi connectivity index (χ2v) is 9.32. The third-order valence-corrected chi connectivity index (χ3v) is 6.77. The van der Waals surface area contributed by atoms with Crippen molar-refractivity contribution in [3.63, 3.8) is 0 Å². The van der Waals surface area contributed by atoms with Gasteiger partial charge in [0.05, 0.1) is 23.2 Å². The van der Waals surface area contributed by atoms with Gasteiger partial charge in [0.15, 0.2) is 9.84 Å². The van der Waals surface area contributed by atoms with E-state index >= 15 is 0 Å². The number of hydrogen-bond acceptors (Lipinski definition) is 4. The summed E-state index contributed by atoms with van der Waals surface area (Å²) in [4.78, 5) is 14.1. The summed E-state index contributed by atoms with van der Waals surface area (Å²) >= 11 is 0. The summed E-state index contributed by atoms with van der Waals surface area (Å²) in [6.45, 7) is 4.29. The smallest absolute Gasteiger partial charge is 0.246 e. The zero-order chi connectivity index (χ0) is 19.6. The van der Waals surface area contributed by atoms with E-state index in [4.69, 9.17) is 0 Å². The molecule has 1 fully saturated rings. The topological polar surface area (TPSA) is 72.3 Å². The molecule has 1 aromatic heterocycles.